The van der Waals surface area contributed by atoms with E-state index < -0.39 is 6.04 Å². The number of carbonyl (C=O) groups excluding carboxylic acids is 2. The Hall–Kier alpha value is -1.88. The van der Waals surface area contributed by atoms with Crippen molar-refractivity contribution < 1.29 is 9.59 Å². The van der Waals surface area contributed by atoms with Crippen LogP contribution >= 0.6 is 0 Å². The molecule has 1 unspecified atom stereocenters. The van der Waals surface area contributed by atoms with Crippen molar-refractivity contribution in [3.8, 4) is 0 Å². The van der Waals surface area contributed by atoms with Gasteiger partial charge in [0.2, 0.25) is 11.8 Å². The minimum absolute atomic E-state index is 0.0574. The van der Waals surface area contributed by atoms with Gasteiger partial charge in [-0.1, -0.05) is 29.8 Å². The van der Waals surface area contributed by atoms with E-state index in [1.54, 1.807) is 14.1 Å². The summed E-state index contributed by atoms with van der Waals surface area (Å²) < 4.78 is 0. The molecule has 0 bridgehead atoms. The standard InChI is InChI=1S/C15H23N3O2/c1-5-18(10-13(19)17(3)4)15(20)14(16)12-8-6-11(2)7-9-12/h6-9,14H,5,10,16H2,1-4H3. The van der Waals surface area contributed by atoms with Crippen molar-refractivity contribution in [2.24, 2.45) is 5.73 Å². The van der Waals surface area contributed by atoms with Crippen LogP contribution in [0, 0.1) is 6.92 Å². The first-order valence-electron chi connectivity index (χ1n) is 6.68. The highest BCUT2D eigenvalue weighted by Gasteiger charge is 2.23. The minimum Gasteiger partial charge on any atom is -0.347 e. The minimum atomic E-state index is -0.731. The van der Waals surface area contributed by atoms with Crippen LogP contribution in [0.25, 0.3) is 0 Å². The summed E-state index contributed by atoms with van der Waals surface area (Å²) in [6, 6.07) is 6.80. The summed E-state index contributed by atoms with van der Waals surface area (Å²) in [5, 5.41) is 0. The lowest BCUT2D eigenvalue weighted by Gasteiger charge is -2.25. The van der Waals surface area contributed by atoms with Crippen molar-refractivity contribution in [2.75, 3.05) is 27.2 Å². The third-order valence-electron chi connectivity index (χ3n) is 3.22. The van der Waals surface area contributed by atoms with Gasteiger partial charge in [0.05, 0.1) is 6.54 Å². The van der Waals surface area contributed by atoms with E-state index in [4.69, 9.17) is 5.73 Å². The van der Waals surface area contributed by atoms with Crippen molar-refractivity contribution in [3.05, 3.63) is 35.4 Å². The molecule has 110 valence electrons. The third kappa shape index (κ3) is 4.06. The molecule has 0 saturated carbocycles. The fourth-order valence-corrected chi connectivity index (χ4v) is 1.76. The first kappa shape index (κ1) is 16.2. The maximum absolute atomic E-state index is 12.3. The normalized spacial score (nSPS) is 11.8. The van der Waals surface area contributed by atoms with E-state index in [9.17, 15) is 9.59 Å². The van der Waals surface area contributed by atoms with Crippen molar-refractivity contribution in [2.45, 2.75) is 19.9 Å². The molecule has 0 fully saturated rings. The molecule has 2 amide bonds. The highest BCUT2D eigenvalue weighted by atomic mass is 16.2. The molecule has 1 atom stereocenters. The van der Waals surface area contributed by atoms with Crippen LogP contribution < -0.4 is 5.73 Å². The van der Waals surface area contributed by atoms with Crippen LogP contribution in [0.3, 0.4) is 0 Å². The van der Waals surface area contributed by atoms with Gasteiger partial charge in [-0.2, -0.15) is 0 Å². The Morgan fingerprint density at radius 2 is 1.75 bits per heavy atom. The molecular formula is C15H23N3O2. The molecule has 0 spiro atoms. The van der Waals surface area contributed by atoms with Crippen molar-refractivity contribution in [3.63, 3.8) is 0 Å². The van der Waals surface area contributed by atoms with Gasteiger partial charge in [0.15, 0.2) is 0 Å². The fraction of sp³-hybridized carbons (Fsp3) is 0.467. The largest absolute Gasteiger partial charge is 0.347 e. The smallest absolute Gasteiger partial charge is 0.244 e. The van der Waals surface area contributed by atoms with Gasteiger partial charge in [-0.25, -0.2) is 0 Å². The lowest BCUT2D eigenvalue weighted by Crippen LogP contribution is -2.44. The van der Waals surface area contributed by atoms with Gasteiger partial charge in [-0.05, 0) is 19.4 Å². The molecule has 0 aliphatic heterocycles. The predicted molar refractivity (Wildman–Crippen MR) is 79.1 cm³/mol. The Morgan fingerprint density at radius 3 is 2.20 bits per heavy atom. The Labute approximate surface area is 120 Å². The molecule has 0 aliphatic carbocycles. The average molecular weight is 277 g/mol. The van der Waals surface area contributed by atoms with Crippen LogP contribution in [0.1, 0.15) is 24.1 Å². The van der Waals surface area contributed by atoms with Gasteiger partial charge >= 0.3 is 0 Å². The van der Waals surface area contributed by atoms with Crippen LogP contribution in [0.4, 0.5) is 0 Å². The van der Waals surface area contributed by atoms with Gasteiger partial charge in [0, 0.05) is 20.6 Å². The van der Waals surface area contributed by atoms with Gasteiger partial charge in [0.1, 0.15) is 6.04 Å². The molecule has 0 radical (unpaired) electrons. The molecular weight excluding hydrogens is 254 g/mol. The van der Waals surface area contributed by atoms with Gasteiger partial charge < -0.3 is 15.5 Å². The second kappa shape index (κ2) is 7.05. The number of aryl methyl sites for hydroxylation is 1. The zero-order valence-corrected chi connectivity index (χ0v) is 12.6. The monoisotopic (exact) mass is 277 g/mol. The number of hydrogen-bond acceptors (Lipinski definition) is 3. The second-order valence-corrected chi connectivity index (χ2v) is 5.03. The number of amides is 2. The first-order valence-corrected chi connectivity index (χ1v) is 6.68. The quantitative estimate of drug-likeness (QED) is 0.870. The molecule has 5 heteroatoms. The summed E-state index contributed by atoms with van der Waals surface area (Å²) in [7, 11) is 3.33. The van der Waals surface area contributed by atoms with Gasteiger partial charge in [-0.15, -0.1) is 0 Å². The molecule has 2 N–H and O–H groups in total. The maximum atomic E-state index is 12.3. The highest BCUT2D eigenvalue weighted by molar-refractivity contribution is 5.88. The topological polar surface area (TPSA) is 66.6 Å². The first-order chi connectivity index (χ1) is 9.36. The van der Waals surface area contributed by atoms with Gasteiger partial charge in [0.25, 0.3) is 0 Å². The van der Waals surface area contributed by atoms with E-state index in [1.807, 2.05) is 38.1 Å². The Morgan fingerprint density at radius 1 is 1.20 bits per heavy atom. The number of benzene rings is 1. The number of nitrogens with two attached hydrogens (primary N) is 1. The van der Waals surface area contributed by atoms with Gasteiger partial charge in [-0.3, -0.25) is 9.59 Å². The number of rotatable bonds is 5. The Bertz CT molecular complexity index is 469. The highest BCUT2D eigenvalue weighted by Crippen LogP contribution is 2.14. The number of likely N-dealkylation sites (N-methyl/N-ethyl adjacent to an activating group) is 2. The molecule has 0 aliphatic rings. The summed E-state index contributed by atoms with van der Waals surface area (Å²) in [6.07, 6.45) is 0. The predicted octanol–water partition coefficient (Wildman–Crippen LogP) is 0.932. The molecule has 1 aromatic rings. The van der Waals surface area contributed by atoms with Crippen molar-refractivity contribution >= 4 is 11.8 Å². The molecule has 1 rings (SSSR count). The summed E-state index contributed by atoms with van der Waals surface area (Å²) in [5.41, 5.74) is 7.88. The summed E-state index contributed by atoms with van der Waals surface area (Å²) in [4.78, 5) is 27.0. The van der Waals surface area contributed by atoms with E-state index in [0.717, 1.165) is 11.1 Å². The molecule has 5 nitrogen and oxygen atoms in total. The Kier molecular flexibility index (Phi) is 5.70. The van der Waals surface area contributed by atoms with Crippen LogP contribution in [-0.2, 0) is 9.59 Å². The number of hydrogen-bond donors (Lipinski definition) is 1. The zero-order chi connectivity index (χ0) is 15.3. The van der Waals surface area contributed by atoms with E-state index in [1.165, 1.54) is 9.80 Å². The molecule has 0 saturated heterocycles. The van der Waals surface area contributed by atoms with E-state index in [0.29, 0.717) is 6.54 Å². The van der Waals surface area contributed by atoms with Crippen molar-refractivity contribution in [1.82, 2.24) is 9.80 Å². The van der Waals surface area contributed by atoms with E-state index in [2.05, 4.69) is 0 Å². The molecule has 1 aromatic carbocycles. The lowest BCUT2D eigenvalue weighted by molar-refractivity contribution is -0.139. The summed E-state index contributed by atoms with van der Waals surface area (Å²) in [5.74, 6) is -0.345. The van der Waals surface area contributed by atoms with Crippen LogP contribution in [0.2, 0.25) is 0 Å². The average Bonchev–Trinajstić information content (AvgIpc) is 2.43. The zero-order valence-electron chi connectivity index (χ0n) is 12.6. The number of nitrogens with zero attached hydrogens (tertiary/aromatic N) is 2. The summed E-state index contributed by atoms with van der Waals surface area (Å²) in [6.45, 7) is 4.33. The summed E-state index contributed by atoms with van der Waals surface area (Å²) >= 11 is 0. The van der Waals surface area contributed by atoms with E-state index >= 15 is 0 Å². The van der Waals surface area contributed by atoms with Crippen LogP contribution in [0.5, 0.6) is 0 Å². The molecule has 0 aromatic heterocycles. The van der Waals surface area contributed by atoms with E-state index in [-0.39, 0.29) is 18.4 Å². The maximum Gasteiger partial charge on any atom is 0.244 e. The third-order valence-corrected chi connectivity index (χ3v) is 3.22. The van der Waals surface area contributed by atoms with Crippen LogP contribution in [0.15, 0.2) is 24.3 Å². The lowest BCUT2D eigenvalue weighted by atomic mass is 10.0. The Balaban J connectivity index is 2.80. The fourth-order valence-electron chi connectivity index (χ4n) is 1.76. The molecule has 0 heterocycles. The number of carbonyl (C=O) groups is 2. The molecule has 20 heavy (non-hydrogen) atoms. The second-order valence-electron chi connectivity index (χ2n) is 5.03. The van der Waals surface area contributed by atoms with Crippen LogP contribution in [-0.4, -0.2) is 48.8 Å². The van der Waals surface area contributed by atoms with Crippen molar-refractivity contribution in [1.29, 1.82) is 0 Å². The SMILES string of the molecule is CCN(CC(=O)N(C)C)C(=O)C(N)c1ccc(C)cc1.